The first-order valence-electron chi connectivity index (χ1n) is 7.03. The fourth-order valence-electron chi connectivity index (χ4n) is 2.37. The third kappa shape index (κ3) is 3.77. The van der Waals surface area contributed by atoms with Gasteiger partial charge in [0.15, 0.2) is 16.3 Å². The molecule has 1 atom stereocenters. The normalized spacial score (nSPS) is 11.2. The number of benzene rings is 2. The van der Waals surface area contributed by atoms with Gasteiger partial charge < -0.3 is 25.2 Å². The number of hydrogen-bond acceptors (Lipinski definition) is 5. The zero-order chi connectivity index (χ0) is 18.8. The van der Waals surface area contributed by atoms with Gasteiger partial charge in [0.1, 0.15) is 15.5 Å². The van der Waals surface area contributed by atoms with E-state index < -0.39 is 5.82 Å². The van der Waals surface area contributed by atoms with Crippen molar-refractivity contribution in [3.63, 3.8) is 0 Å². The summed E-state index contributed by atoms with van der Waals surface area (Å²) in [5.74, 6) is -0.230. The van der Waals surface area contributed by atoms with Crippen molar-refractivity contribution in [3.05, 3.63) is 50.1 Å². The summed E-state index contributed by atoms with van der Waals surface area (Å²) in [6.07, 6.45) is 1.36. The quantitative estimate of drug-likeness (QED) is 0.123. The number of aromatic amines is 2. The highest BCUT2D eigenvalue weighted by Gasteiger charge is 2.19. The molecule has 134 valence electrons. The molecule has 0 bridgehead atoms. The molecule has 0 spiro atoms. The number of aromatic nitrogens is 2. The summed E-state index contributed by atoms with van der Waals surface area (Å²) in [5, 5.41) is 11.2. The maximum Gasteiger partial charge on any atom is 0.176 e. The van der Waals surface area contributed by atoms with Gasteiger partial charge in [-0.1, -0.05) is 29.9 Å². The van der Waals surface area contributed by atoms with E-state index in [4.69, 9.17) is 46.2 Å². The van der Waals surface area contributed by atoms with Crippen molar-refractivity contribution < 1.29 is 9.13 Å². The molecule has 0 aliphatic carbocycles. The highest BCUT2D eigenvalue weighted by Crippen LogP contribution is 2.41. The van der Waals surface area contributed by atoms with Crippen molar-refractivity contribution in [3.8, 4) is 11.5 Å². The molecule has 4 N–H and O–H groups in total. The molecular weight excluding hydrogens is 529 g/mol. The fourth-order valence-corrected chi connectivity index (χ4v) is 4.29. The summed E-state index contributed by atoms with van der Waals surface area (Å²) in [4.78, 5) is 5.85. The lowest BCUT2D eigenvalue weighted by Crippen LogP contribution is -2.00. The Balaban J connectivity index is 2.24. The van der Waals surface area contributed by atoms with Crippen molar-refractivity contribution in [2.75, 3.05) is 5.09 Å². The monoisotopic (exact) mass is 538 g/mol. The average Bonchev–Trinajstić information content (AvgIpc) is 2.60. The Hall–Kier alpha value is -1.13. The molecule has 1 aromatic heterocycles. The Bertz CT molecular complexity index is 1140. The summed E-state index contributed by atoms with van der Waals surface area (Å²) in [6.45, 7) is 0. The van der Waals surface area contributed by atoms with E-state index in [-0.39, 0.29) is 17.1 Å². The number of fused-ring (bicyclic) bond motifs is 1. The van der Waals surface area contributed by atoms with E-state index in [9.17, 15) is 4.39 Å². The molecular formula is C15H10ClFIN4OPS2. The Morgan fingerprint density at radius 3 is 2.81 bits per heavy atom. The van der Waals surface area contributed by atoms with Crippen molar-refractivity contribution >= 4 is 87.3 Å². The van der Waals surface area contributed by atoms with Crippen LogP contribution in [-0.2, 0) is 0 Å². The van der Waals surface area contributed by atoms with Gasteiger partial charge in [0.2, 0.25) is 0 Å². The van der Waals surface area contributed by atoms with Crippen molar-refractivity contribution in [2.24, 2.45) is 0 Å². The second-order valence-electron chi connectivity index (χ2n) is 5.02. The van der Waals surface area contributed by atoms with E-state index in [1.807, 2.05) is 0 Å². The Kier molecular flexibility index (Phi) is 6.24. The number of nitrogens with one attached hydrogen (secondary N) is 4. The SMILES string of the molecule is N=Cc1c(NPI)cc(F)c(Cl)c1Oc1cccc2c(=S)[nH]c(=S)[nH]c12. The van der Waals surface area contributed by atoms with Crippen molar-refractivity contribution in [2.45, 2.75) is 0 Å². The molecule has 26 heavy (non-hydrogen) atoms. The van der Waals surface area contributed by atoms with Gasteiger partial charge in [-0.2, -0.15) is 0 Å². The van der Waals surface area contributed by atoms with Crippen LogP contribution in [0.25, 0.3) is 10.9 Å². The van der Waals surface area contributed by atoms with Gasteiger partial charge in [0.25, 0.3) is 0 Å². The lowest BCUT2D eigenvalue weighted by molar-refractivity contribution is 0.481. The molecule has 0 amide bonds. The number of ether oxygens (including phenoxy) is 1. The smallest absolute Gasteiger partial charge is 0.176 e. The average molecular weight is 539 g/mol. The first-order valence-corrected chi connectivity index (χ1v) is 12.3. The summed E-state index contributed by atoms with van der Waals surface area (Å²) in [6, 6.07) is 6.49. The molecule has 1 heterocycles. The number of para-hydroxylation sites is 1. The molecule has 0 saturated heterocycles. The number of anilines is 1. The molecule has 0 saturated carbocycles. The molecule has 0 aliphatic rings. The third-order valence-electron chi connectivity index (χ3n) is 3.49. The summed E-state index contributed by atoms with van der Waals surface area (Å²) < 4.78 is 21.0. The van der Waals surface area contributed by atoms with Crippen LogP contribution in [-0.4, -0.2) is 16.2 Å². The number of H-pyrrole nitrogens is 2. The molecule has 3 rings (SSSR count). The lowest BCUT2D eigenvalue weighted by Gasteiger charge is -2.16. The molecule has 2 aromatic carbocycles. The Morgan fingerprint density at radius 2 is 2.12 bits per heavy atom. The van der Waals surface area contributed by atoms with E-state index in [0.29, 0.717) is 37.3 Å². The predicted molar refractivity (Wildman–Crippen MR) is 120 cm³/mol. The first kappa shape index (κ1) is 19.6. The van der Waals surface area contributed by atoms with Crippen LogP contribution in [0.4, 0.5) is 10.1 Å². The molecule has 0 fully saturated rings. The van der Waals surface area contributed by atoms with Gasteiger partial charge in [0.05, 0.1) is 16.8 Å². The molecule has 0 radical (unpaired) electrons. The van der Waals surface area contributed by atoms with Gasteiger partial charge in [-0.25, -0.2) is 4.39 Å². The molecule has 3 aromatic rings. The largest absolute Gasteiger partial charge is 0.453 e. The number of rotatable bonds is 5. The second kappa shape index (κ2) is 8.26. The van der Waals surface area contributed by atoms with E-state index in [1.165, 1.54) is 6.07 Å². The van der Waals surface area contributed by atoms with Gasteiger partial charge in [-0.3, -0.25) is 0 Å². The maximum atomic E-state index is 14.3. The summed E-state index contributed by atoms with van der Waals surface area (Å²) >= 11 is 18.7. The van der Waals surface area contributed by atoms with Crippen LogP contribution in [0.2, 0.25) is 5.02 Å². The summed E-state index contributed by atoms with van der Waals surface area (Å²) in [5.41, 5.74) is 1.33. The van der Waals surface area contributed by atoms with E-state index in [1.54, 1.807) is 18.2 Å². The van der Waals surface area contributed by atoms with Gasteiger partial charge in [-0.15, -0.1) is 0 Å². The standard InChI is InChI=1S/C15H10ClFIN4OPS2/c16-11-8(17)4-9(22-24-18)7(5-19)13(11)23-10-3-1-2-6-12(10)20-15(26)21-14(6)25/h1-5,19,22,24H,(H2,20,21,25,26). The topological polar surface area (TPSA) is 76.7 Å². The molecule has 11 heteroatoms. The summed E-state index contributed by atoms with van der Waals surface area (Å²) in [7, 11) is 0. The van der Waals surface area contributed by atoms with Crippen LogP contribution >= 0.6 is 64.5 Å². The zero-order valence-corrected chi connectivity index (χ0v) is 18.3. The molecule has 5 nitrogen and oxygen atoms in total. The van der Waals surface area contributed by atoms with Crippen LogP contribution < -0.4 is 9.82 Å². The molecule has 1 unspecified atom stereocenters. The minimum atomic E-state index is -0.644. The van der Waals surface area contributed by atoms with Gasteiger partial charge >= 0.3 is 0 Å². The highest BCUT2D eigenvalue weighted by atomic mass is 127. The van der Waals surface area contributed by atoms with Crippen LogP contribution in [0.15, 0.2) is 24.3 Å². The third-order valence-corrected chi connectivity index (χ3v) is 5.54. The van der Waals surface area contributed by atoms with Crippen LogP contribution in [0.5, 0.6) is 11.5 Å². The first-order chi connectivity index (χ1) is 12.5. The Labute approximate surface area is 177 Å². The lowest BCUT2D eigenvalue weighted by atomic mass is 10.1. The second-order valence-corrected chi connectivity index (χ2v) is 8.27. The predicted octanol–water partition coefficient (Wildman–Crippen LogP) is 6.89. The highest BCUT2D eigenvalue weighted by molar-refractivity contribution is 14.2. The van der Waals surface area contributed by atoms with Crippen LogP contribution in [0.3, 0.4) is 0 Å². The zero-order valence-electron chi connectivity index (χ0n) is 12.7. The number of hydrogen-bond donors (Lipinski definition) is 4. The fraction of sp³-hybridized carbons (Fsp3) is 0. The van der Waals surface area contributed by atoms with E-state index >= 15 is 0 Å². The van der Waals surface area contributed by atoms with Crippen LogP contribution in [0.1, 0.15) is 5.56 Å². The van der Waals surface area contributed by atoms with Gasteiger partial charge in [0, 0.05) is 18.0 Å². The van der Waals surface area contributed by atoms with Crippen molar-refractivity contribution in [1.29, 1.82) is 5.41 Å². The van der Waals surface area contributed by atoms with Crippen molar-refractivity contribution in [1.82, 2.24) is 9.97 Å². The van der Waals surface area contributed by atoms with E-state index in [2.05, 4.69) is 37.1 Å². The maximum absolute atomic E-state index is 14.3. The minimum absolute atomic E-state index is 0.0457. The van der Waals surface area contributed by atoms with Crippen LogP contribution in [0, 0.1) is 20.6 Å². The minimum Gasteiger partial charge on any atom is -0.453 e. The molecule has 0 aliphatic heterocycles. The van der Waals surface area contributed by atoms with E-state index in [0.717, 1.165) is 6.21 Å². The van der Waals surface area contributed by atoms with Gasteiger partial charge in [-0.05, 0) is 52.5 Å². The number of halogens is 3. The Morgan fingerprint density at radius 1 is 1.35 bits per heavy atom.